The van der Waals surface area contributed by atoms with E-state index < -0.39 is 41.8 Å². The fourth-order valence-corrected chi connectivity index (χ4v) is 3.50. The van der Waals surface area contributed by atoms with E-state index in [-0.39, 0.29) is 12.8 Å². The molecule has 120 valence electrons. The first-order chi connectivity index (χ1) is 9.79. The molecule has 0 spiro atoms. The molecule has 4 atom stereocenters. The summed E-state index contributed by atoms with van der Waals surface area (Å²) in [4.78, 5) is 23.2. The van der Waals surface area contributed by atoms with Crippen molar-refractivity contribution in [2.75, 3.05) is 0 Å². The van der Waals surface area contributed by atoms with Gasteiger partial charge in [-0.3, -0.25) is 9.59 Å². The SMILES string of the molecule is O=C(O)C1CCCC1C(=O)NC1CCCC(C(F)(F)F)C1. The average Bonchev–Trinajstić information content (AvgIpc) is 2.87. The smallest absolute Gasteiger partial charge is 0.391 e. The van der Waals surface area contributed by atoms with Gasteiger partial charge in [-0.25, -0.2) is 0 Å². The van der Waals surface area contributed by atoms with Crippen LogP contribution in [0.4, 0.5) is 13.2 Å². The van der Waals surface area contributed by atoms with Crippen molar-refractivity contribution in [2.24, 2.45) is 17.8 Å². The van der Waals surface area contributed by atoms with E-state index in [2.05, 4.69) is 5.32 Å². The van der Waals surface area contributed by atoms with Crippen LogP contribution < -0.4 is 5.32 Å². The molecule has 2 N–H and O–H groups in total. The average molecular weight is 307 g/mol. The zero-order valence-corrected chi connectivity index (χ0v) is 11.7. The van der Waals surface area contributed by atoms with Crippen LogP contribution in [0.15, 0.2) is 0 Å². The lowest BCUT2D eigenvalue weighted by Crippen LogP contribution is -2.45. The third-order valence-corrected chi connectivity index (χ3v) is 4.65. The Labute approximate surface area is 121 Å². The minimum absolute atomic E-state index is 0.0975. The number of hydrogen-bond donors (Lipinski definition) is 2. The van der Waals surface area contributed by atoms with Crippen molar-refractivity contribution < 1.29 is 27.9 Å². The zero-order chi connectivity index (χ0) is 15.6. The molecule has 0 saturated heterocycles. The Balaban J connectivity index is 1.92. The molecular formula is C14H20F3NO3. The lowest BCUT2D eigenvalue weighted by molar-refractivity contribution is -0.184. The van der Waals surface area contributed by atoms with Gasteiger partial charge in [-0.1, -0.05) is 12.8 Å². The largest absolute Gasteiger partial charge is 0.481 e. The second kappa shape index (κ2) is 6.23. The van der Waals surface area contributed by atoms with Crippen LogP contribution in [0.3, 0.4) is 0 Å². The lowest BCUT2D eigenvalue weighted by atomic mass is 9.84. The third-order valence-electron chi connectivity index (χ3n) is 4.65. The number of carbonyl (C=O) groups excluding carboxylic acids is 1. The number of aliphatic carboxylic acids is 1. The molecule has 0 aromatic carbocycles. The topological polar surface area (TPSA) is 66.4 Å². The Hall–Kier alpha value is -1.27. The normalized spacial score (nSPS) is 33.7. The van der Waals surface area contributed by atoms with Gasteiger partial charge in [-0.15, -0.1) is 0 Å². The van der Waals surface area contributed by atoms with Crippen molar-refractivity contribution in [3.8, 4) is 0 Å². The number of nitrogens with one attached hydrogen (secondary N) is 1. The van der Waals surface area contributed by atoms with Crippen LogP contribution in [0.25, 0.3) is 0 Å². The van der Waals surface area contributed by atoms with Crippen molar-refractivity contribution in [3.63, 3.8) is 0 Å². The minimum atomic E-state index is -4.22. The molecule has 1 amide bonds. The molecule has 7 heteroatoms. The highest BCUT2D eigenvalue weighted by molar-refractivity contribution is 5.85. The number of amides is 1. The van der Waals surface area contributed by atoms with E-state index in [1.807, 2.05) is 0 Å². The summed E-state index contributed by atoms with van der Waals surface area (Å²) < 4.78 is 38.2. The van der Waals surface area contributed by atoms with Crippen LogP contribution >= 0.6 is 0 Å². The molecule has 4 nitrogen and oxygen atoms in total. The fraction of sp³-hybridized carbons (Fsp3) is 0.857. The molecule has 2 rings (SSSR count). The summed E-state index contributed by atoms with van der Waals surface area (Å²) in [5.41, 5.74) is 0. The van der Waals surface area contributed by atoms with Crippen LogP contribution in [0.1, 0.15) is 44.9 Å². The quantitative estimate of drug-likeness (QED) is 0.842. The molecule has 0 aromatic rings. The molecule has 0 radical (unpaired) electrons. The molecule has 4 unspecified atom stereocenters. The predicted molar refractivity (Wildman–Crippen MR) is 68.4 cm³/mol. The first kappa shape index (κ1) is 16.1. The van der Waals surface area contributed by atoms with Gasteiger partial charge in [0.2, 0.25) is 5.91 Å². The number of alkyl halides is 3. The van der Waals surface area contributed by atoms with E-state index >= 15 is 0 Å². The lowest BCUT2D eigenvalue weighted by Gasteiger charge is -2.32. The summed E-state index contributed by atoms with van der Waals surface area (Å²) in [6.45, 7) is 0. The molecule has 0 bridgehead atoms. The number of hydrogen-bond acceptors (Lipinski definition) is 2. The highest BCUT2D eigenvalue weighted by atomic mass is 19.4. The fourth-order valence-electron chi connectivity index (χ4n) is 3.50. The van der Waals surface area contributed by atoms with Gasteiger partial charge in [0.1, 0.15) is 0 Å². The minimum Gasteiger partial charge on any atom is -0.481 e. The van der Waals surface area contributed by atoms with E-state index in [1.54, 1.807) is 0 Å². The number of rotatable bonds is 3. The molecule has 2 fully saturated rings. The zero-order valence-electron chi connectivity index (χ0n) is 11.7. The first-order valence-corrected chi connectivity index (χ1v) is 7.39. The Morgan fingerprint density at radius 1 is 1.00 bits per heavy atom. The van der Waals surface area contributed by atoms with Gasteiger partial charge in [0.25, 0.3) is 0 Å². The number of carboxylic acid groups (broad SMARTS) is 1. The molecular weight excluding hydrogens is 287 g/mol. The third kappa shape index (κ3) is 3.89. The van der Waals surface area contributed by atoms with Gasteiger partial charge in [0.05, 0.1) is 17.8 Å². The maximum Gasteiger partial charge on any atom is 0.391 e. The summed E-state index contributed by atoms with van der Waals surface area (Å²) in [6.07, 6.45) is -1.62. The monoisotopic (exact) mass is 307 g/mol. The second-order valence-electron chi connectivity index (χ2n) is 6.09. The highest BCUT2D eigenvalue weighted by Crippen LogP contribution is 2.38. The van der Waals surface area contributed by atoms with E-state index in [4.69, 9.17) is 5.11 Å². The van der Waals surface area contributed by atoms with Gasteiger partial charge in [0.15, 0.2) is 0 Å². The molecule has 2 aliphatic rings. The molecule has 2 aliphatic carbocycles. The number of carboxylic acids is 1. The Morgan fingerprint density at radius 2 is 1.62 bits per heavy atom. The van der Waals surface area contributed by atoms with Gasteiger partial charge >= 0.3 is 12.1 Å². The van der Waals surface area contributed by atoms with E-state index in [0.717, 1.165) is 0 Å². The Morgan fingerprint density at radius 3 is 2.24 bits per heavy atom. The first-order valence-electron chi connectivity index (χ1n) is 7.39. The van der Waals surface area contributed by atoms with Crippen LogP contribution in [0, 0.1) is 17.8 Å². The van der Waals surface area contributed by atoms with Crippen LogP contribution in [0.5, 0.6) is 0 Å². The molecule has 0 heterocycles. The molecule has 21 heavy (non-hydrogen) atoms. The Bertz CT molecular complexity index is 411. The van der Waals surface area contributed by atoms with Gasteiger partial charge < -0.3 is 10.4 Å². The standard InChI is InChI=1S/C14H20F3NO3/c15-14(16,17)8-3-1-4-9(7-8)18-12(19)10-5-2-6-11(10)13(20)21/h8-11H,1-7H2,(H,18,19)(H,20,21). The van der Waals surface area contributed by atoms with Crippen LogP contribution in [-0.4, -0.2) is 29.2 Å². The van der Waals surface area contributed by atoms with E-state index in [9.17, 15) is 22.8 Å². The number of carbonyl (C=O) groups is 2. The maximum atomic E-state index is 12.7. The maximum absolute atomic E-state index is 12.7. The van der Waals surface area contributed by atoms with Crippen LogP contribution in [0.2, 0.25) is 0 Å². The van der Waals surface area contributed by atoms with Crippen molar-refractivity contribution >= 4 is 11.9 Å². The van der Waals surface area contributed by atoms with E-state index in [1.165, 1.54) is 0 Å². The second-order valence-corrected chi connectivity index (χ2v) is 6.09. The predicted octanol–water partition coefficient (Wildman–Crippen LogP) is 2.72. The van der Waals surface area contributed by atoms with Gasteiger partial charge in [0, 0.05) is 6.04 Å². The highest BCUT2D eigenvalue weighted by Gasteiger charge is 2.43. The molecule has 0 aromatic heterocycles. The summed E-state index contributed by atoms with van der Waals surface area (Å²) in [7, 11) is 0. The van der Waals surface area contributed by atoms with Crippen molar-refractivity contribution in [1.29, 1.82) is 0 Å². The summed E-state index contributed by atoms with van der Waals surface area (Å²) in [5.74, 6) is -4.06. The van der Waals surface area contributed by atoms with Gasteiger partial charge in [-0.2, -0.15) is 13.2 Å². The van der Waals surface area contributed by atoms with Gasteiger partial charge in [-0.05, 0) is 32.1 Å². The van der Waals surface area contributed by atoms with Crippen molar-refractivity contribution in [2.45, 2.75) is 57.2 Å². The molecule has 0 aliphatic heterocycles. The van der Waals surface area contributed by atoms with Crippen molar-refractivity contribution in [1.82, 2.24) is 5.32 Å². The van der Waals surface area contributed by atoms with Crippen molar-refractivity contribution in [3.05, 3.63) is 0 Å². The Kier molecular flexibility index (Phi) is 4.78. The number of halogens is 3. The summed E-state index contributed by atoms with van der Waals surface area (Å²) in [6, 6.07) is -0.493. The van der Waals surface area contributed by atoms with E-state index in [0.29, 0.717) is 32.1 Å². The summed E-state index contributed by atoms with van der Waals surface area (Å²) in [5, 5.41) is 11.7. The summed E-state index contributed by atoms with van der Waals surface area (Å²) >= 11 is 0. The van der Waals surface area contributed by atoms with Crippen LogP contribution in [-0.2, 0) is 9.59 Å². The molecule has 2 saturated carbocycles.